The number of aromatic nitrogens is 2. The van der Waals surface area contributed by atoms with Crippen LogP contribution in [0.3, 0.4) is 0 Å². The van der Waals surface area contributed by atoms with E-state index in [2.05, 4.69) is 56.7 Å². The van der Waals surface area contributed by atoms with Crippen molar-refractivity contribution in [3.63, 3.8) is 0 Å². The highest BCUT2D eigenvalue weighted by atomic mass is 79.9. The van der Waals surface area contributed by atoms with Crippen LogP contribution in [-0.4, -0.2) is 40.4 Å². The van der Waals surface area contributed by atoms with Crippen molar-refractivity contribution in [3.8, 4) is 0 Å². The molecule has 4 nitrogen and oxygen atoms in total. The van der Waals surface area contributed by atoms with E-state index in [1.165, 1.54) is 28.8 Å². The van der Waals surface area contributed by atoms with Gasteiger partial charge in [0, 0.05) is 25.7 Å². The normalized spacial score (nSPS) is 21.6. The molecule has 0 bridgehead atoms. The second kappa shape index (κ2) is 6.86. The summed E-state index contributed by atoms with van der Waals surface area (Å²) in [5, 5.41) is 8.23. The molecule has 0 amide bonds. The predicted octanol–water partition coefficient (Wildman–Crippen LogP) is 2.41. The van der Waals surface area contributed by atoms with E-state index < -0.39 is 0 Å². The highest BCUT2D eigenvalue weighted by Gasteiger charge is 2.19. The molecule has 1 N–H and O–H groups in total. The van der Waals surface area contributed by atoms with Crippen LogP contribution < -0.4 is 5.32 Å². The van der Waals surface area contributed by atoms with Crippen LogP contribution in [0.25, 0.3) is 0 Å². The number of hydrogen-bond donors (Lipinski definition) is 1. The molecule has 1 saturated heterocycles. The average molecular weight is 329 g/mol. The Hall–Kier alpha value is -0.390. The fourth-order valence-corrected chi connectivity index (χ4v) is 3.41. The van der Waals surface area contributed by atoms with Gasteiger partial charge in [-0.15, -0.1) is 0 Å². The fraction of sp³-hybridized carbons (Fsp3) is 0.786. The quantitative estimate of drug-likeness (QED) is 0.921. The van der Waals surface area contributed by atoms with Gasteiger partial charge < -0.3 is 5.32 Å². The topological polar surface area (TPSA) is 33.1 Å². The third-order valence-electron chi connectivity index (χ3n) is 3.74. The van der Waals surface area contributed by atoms with Crippen molar-refractivity contribution in [2.45, 2.75) is 52.7 Å². The maximum Gasteiger partial charge on any atom is 0.0767 e. The minimum absolute atomic E-state index is 0.574. The fourth-order valence-electron chi connectivity index (χ4n) is 2.72. The first kappa shape index (κ1) is 15.0. The summed E-state index contributed by atoms with van der Waals surface area (Å²) in [5.41, 5.74) is 2.51. The predicted molar refractivity (Wildman–Crippen MR) is 82.3 cm³/mol. The summed E-state index contributed by atoms with van der Waals surface area (Å²) in [6.07, 6.45) is 2.21. The number of hydrogen-bond acceptors (Lipinski definition) is 3. The number of rotatable bonds is 4. The first-order valence-corrected chi connectivity index (χ1v) is 8.14. The number of nitrogens with zero attached hydrogens (tertiary/aromatic N) is 3. The summed E-state index contributed by atoms with van der Waals surface area (Å²) >= 11 is 3.74. The van der Waals surface area contributed by atoms with Crippen molar-refractivity contribution in [1.82, 2.24) is 20.0 Å². The van der Waals surface area contributed by atoms with Gasteiger partial charge in [0.15, 0.2) is 0 Å². The van der Waals surface area contributed by atoms with Crippen LogP contribution in [0.15, 0.2) is 4.47 Å². The molecule has 19 heavy (non-hydrogen) atoms. The van der Waals surface area contributed by atoms with Crippen LogP contribution in [0.1, 0.15) is 38.6 Å². The van der Waals surface area contributed by atoms with E-state index in [1.54, 1.807) is 0 Å². The van der Waals surface area contributed by atoms with Crippen molar-refractivity contribution < 1.29 is 0 Å². The lowest BCUT2D eigenvalue weighted by atomic mass is 10.2. The average Bonchev–Trinajstić information content (AvgIpc) is 2.57. The van der Waals surface area contributed by atoms with Gasteiger partial charge in [0.25, 0.3) is 0 Å². The Labute approximate surface area is 124 Å². The summed E-state index contributed by atoms with van der Waals surface area (Å²) in [5.74, 6) is 0. The Balaban J connectivity index is 2.15. The van der Waals surface area contributed by atoms with Gasteiger partial charge in [-0.2, -0.15) is 5.10 Å². The van der Waals surface area contributed by atoms with Crippen LogP contribution in [0.4, 0.5) is 0 Å². The maximum atomic E-state index is 4.68. The molecule has 2 heterocycles. The summed E-state index contributed by atoms with van der Waals surface area (Å²) in [7, 11) is 0. The summed E-state index contributed by atoms with van der Waals surface area (Å²) in [6, 6.07) is 0.574. The molecule has 108 valence electrons. The van der Waals surface area contributed by atoms with Gasteiger partial charge >= 0.3 is 0 Å². The lowest BCUT2D eigenvalue weighted by Crippen LogP contribution is -2.35. The lowest BCUT2D eigenvalue weighted by molar-refractivity contribution is 0.256. The molecule has 1 fully saturated rings. The molecule has 0 aromatic carbocycles. The minimum atomic E-state index is 0.574. The Kier molecular flexibility index (Phi) is 5.42. The molecule has 0 radical (unpaired) electrons. The van der Waals surface area contributed by atoms with E-state index in [4.69, 9.17) is 0 Å². The standard InChI is InChI=1S/C14H25BrN4/c1-4-12-14(15)13(19(5-2)17-12)10-18-8-6-7-16-11(3)9-18/h11,16H,4-10H2,1-3H3. The van der Waals surface area contributed by atoms with Gasteiger partial charge in [0.05, 0.1) is 15.9 Å². The van der Waals surface area contributed by atoms with Crippen LogP contribution in [0, 0.1) is 0 Å². The van der Waals surface area contributed by atoms with Crippen molar-refractivity contribution in [2.75, 3.05) is 19.6 Å². The summed E-state index contributed by atoms with van der Waals surface area (Å²) in [6.45, 7) is 11.9. The van der Waals surface area contributed by atoms with Crippen LogP contribution in [0.2, 0.25) is 0 Å². The van der Waals surface area contributed by atoms with Gasteiger partial charge in [0.2, 0.25) is 0 Å². The van der Waals surface area contributed by atoms with Crippen molar-refractivity contribution in [3.05, 3.63) is 15.9 Å². The van der Waals surface area contributed by atoms with Crippen LogP contribution >= 0.6 is 15.9 Å². The molecule has 1 aliphatic rings. The van der Waals surface area contributed by atoms with E-state index in [1.807, 2.05) is 0 Å². The van der Waals surface area contributed by atoms with Crippen LogP contribution in [0.5, 0.6) is 0 Å². The highest BCUT2D eigenvalue weighted by Crippen LogP contribution is 2.24. The third kappa shape index (κ3) is 3.58. The number of nitrogens with one attached hydrogen (secondary N) is 1. The molecule has 1 aromatic heterocycles. The number of halogens is 1. The zero-order valence-electron chi connectivity index (χ0n) is 12.2. The summed E-state index contributed by atoms with van der Waals surface area (Å²) in [4.78, 5) is 2.54. The molecule has 1 aliphatic heterocycles. The zero-order chi connectivity index (χ0) is 13.8. The smallest absolute Gasteiger partial charge is 0.0767 e. The monoisotopic (exact) mass is 328 g/mol. The third-order valence-corrected chi connectivity index (χ3v) is 4.66. The molecule has 5 heteroatoms. The minimum Gasteiger partial charge on any atom is -0.313 e. The van der Waals surface area contributed by atoms with E-state index in [-0.39, 0.29) is 0 Å². The Bertz CT molecular complexity index is 416. The first-order valence-electron chi connectivity index (χ1n) is 7.35. The molecule has 1 unspecified atom stereocenters. The second-order valence-electron chi connectivity index (χ2n) is 5.32. The molecule has 0 aliphatic carbocycles. The second-order valence-corrected chi connectivity index (χ2v) is 6.11. The van der Waals surface area contributed by atoms with Crippen molar-refractivity contribution in [2.24, 2.45) is 0 Å². The first-order chi connectivity index (χ1) is 9.15. The molecular weight excluding hydrogens is 304 g/mol. The van der Waals surface area contributed by atoms with Crippen molar-refractivity contribution in [1.29, 1.82) is 0 Å². The molecule has 2 rings (SSSR count). The largest absolute Gasteiger partial charge is 0.313 e. The lowest BCUT2D eigenvalue weighted by Gasteiger charge is -2.22. The van der Waals surface area contributed by atoms with Gasteiger partial charge in [-0.3, -0.25) is 9.58 Å². The molecule has 1 aromatic rings. The van der Waals surface area contributed by atoms with Gasteiger partial charge in [-0.05, 0) is 55.7 Å². The van der Waals surface area contributed by atoms with Crippen LogP contribution in [-0.2, 0) is 19.5 Å². The van der Waals surface area contributed by atoms with E-state index in [0.29, 0.717) is 6.04 Å². The maximum absolute atomic E-state index is 4.68. The van der Waals surface area contributed by atoms with Gasteiger partial charge in [0.1, 0.15) is 0 Å². The van der Waals surface area contributed by atoms with Gasteiger partial charge in [-0.25, -0.2) is 0 Å². The SMILES string of the molecule is CCc1nn(CC)c(CN2CCCNC(C)C2)c1Br. The number of aryl methyl sites for hydroxylation is 2. The molecular formula is C14H25BrN4. The Morgan fingerprint density at radius 2 is 2.21 bits per heavy atom. The van der Waals surface area contributed by atoms with E-state index in [0.717, 1.165) is 32.6 Å². The molecule has 1 atom stereocenters. The summed E-state index contributed by atoms with van der Waals surface area (Å²) < 4.78 is 3.35. The van der Waals surface area contributed by atoms with Gasteiger partial charge in [-0.1, -0.05) is 6.92 Å². The molecule has 0 spiro atoms. The van der Waals surface area contributed by atoms with E-state index >= 15 is 0 Å². The van der Waals surface area contributed by atoms with E-state index in [9.17, 15) is 0 Å². The molecule has 0 saturated carbocycles. The zero-order valence-corrected chi connectivity index (χ0v) is 13.8. The Morgan fingerprint density at radius 1 is 1.42 bits per heavy atom. The Morgan fingerprint density at radius 3 is 2.89 bits per heavy atom. The van der Waals surface area contributed by atoms with Crippen molar-refractivity contribution >= 4 is 15.9 Å². The highest BCUT2D eigenvalue weighted by molar-refractivity contribution is 9.10.